The highest BCUT2D eigenvalue weighted by Gasteiger charge is 2.11. The quantitative estimate of drug-likeness (QED) is 0.629. The Kier molecular flexibility index (Phi) is 6.12. The van der Waals surface area contributed by atoms with Crippen molar-refractivity contribution in [2.75, 3.05) is 11.1 Å². The van der Waals surface area contributed by atoms with Crippen LogP contribution in [0, 0.1) is 18.3 Å². The maximum atomic E-state index is 12.2. The maximum Gasteiger partial charge on any atom is 0.225 e. The van der Waals surface area contributed by atoms with E-state index in [0.717, 1.165) is 11.3 Å². The number of halogens is 1. The molecule has 8 heteroatoms. The van der Waals surface area contributed by atoms with Crippen molar-refractivity contribution in [3.63, 3.8) is 0 Å². The predicted molar refractivity (Wildman–Crippen MR) is 106 cm³/mol. The van der Waals surface area contributed by atoms with Gasteiger partial charge in [0.1, 0.15) is 12.4 Å². The molecule has 0 saturated heterocycles. The average Bonchev–Trinajstić information content (AvgIpc) is 3.13. The first-order chi connectivity index (χ1) is 13.1. The van der Waals surface area contributed by atoms with Crippen LogP contribution in [0.4, 0.5) is 5.69 Å². The molecule has 136 valence electrons. The third kappa shape index (κ3) is 4.67. The number of carbonyl (C=O) groups excluding carboxylic acids is 1. The lowest BCUT2D eigenvalue weighted by Gasteiger charge is -2.08. The number of anilines is 1. The second-order valence-electron chi connectivity index (χ2n) is 5.72. The van der Waals surface area contributed by atoms with Crippen molar-refractivity contribution in [1.82, 2.24) is 14.8 Å². The Morgan fingerprint density at radius 3 is 2.93 bits per heavy atom. The van der Waals surface area contributed by atoms with Gasteiger partial charge in [0.25, 0.3) is 0 Å². The zero-order chi connectivity index (χ0) is 19.2. The molecule has 1 N–H and O–H groups in total. The van der Waals surface area contributed by atoms with E-state index in [4.69, 9.17) is 16.9 Å². The first-order valence-corrected chi connectivity index (χ1v) is 9.53. The number of aromatic nitrogens is 3. The summed E-state index contributed by atoms with van der Waals surface area (Å²) < 4.78 is 1.83. The Hall–Kier alpha value is -2.82. The molecule has 0 aliphatic heterocycles. The minimum absolute atomic E-state index is 0.158. The van der Waals surface area contributed by atoms with Crippen LogP contribution in [0.15, 0.2) is 53.9 Å². The number of aryl methyl sites for hydroxylation is 1. The van der Waals surface area contributed by atoms with Gasteiger partial charge in [-0.25, -0.2) is 0 Å². The molecule has 0 atom stereocenters. The average molecular weight is 398 g/mol. The van der Waals surface area contributed by atoms with Crippen molar-refractivity contribution in [2.45, 2.75) is 18.5 Å². The molecule has 0 radical (unpaired) electrons. The van der Waals surface area contributed by atoms with Gasteiger partial charge in [0, 0.05) is 17.2 Å². The summed E-state index contributed by atoms with van der Waals surface area (Å²) in [4.78, 5) is 12.2. The Balaban J connectivity index is 1.60. The molecule has 1 amide bonds. The zero-order valence-electron chi connectivity index (χ0n) is 14.5. The number of nitriles is 1. The molecule has 0 fully saturated rings. The van der Waals surface area contributed by atoms with Gasteiger partial charge in [0.2, 0.25) is 5.91 Å². The largest absolute Gasteiger partial charge is 0.325 e. The first-order valence-electron chi connectivity index (χ1n) is 8.17. The fourth-order valence-electron chi connectivity index (χ4n) is 2.37. The molecule has 0 unspecified atom stereocenters. The summed E-state index contributed by atoms with van der Waals surface area (Å²) in [5, 5.41) is 21.3. The van der Waals surface area contributed by atoms with Gasteiger partial charge < -0.3 is 5.32 Å². The van der Waals surface area contributed by atoms with Crippen LogP contribution in [-0.2, 0) is 4.79 Å². The van der Waals surface area contributed by atoms with Crippen molar-refractivity contribution in [3.8, 4) is 11.8 Å². The highest BCUT2D eigenvalue weighted by Crippen LogP contribution is 2.24. The number of carbonyl (C=O) groups is 1. The van der Waals surface area contributed by atoms with Crippen LogP contribution >= 0.6 is 23.4 Å². The van der Waals surface area contributed by atoms with E-state index in [9.17, 15) is 4.79 Å². The number of para-hydroxylation sites is 1. The summed E-state index contributed by atoms with van der Waals surface area (Å²) in [6, 6.07) is 14.7. The molecular formula is C19H16ClN5OS. The minimum atomic E-state index is -0.158. The molecule has 0 aliphatic carbocycles. The van der Waals surface area contributed by atoms with E-state index in [1.807, 2.05) is 29.7 Å². The lowest BCUT2D eigenvalue weighted by atomic mass is 10.2. The minimum Gasteiger partial charge on any atom is -0.325 e. The highest BCUT2D eigenvalue weighted by atomic mass is 35.5. The second kappa shape index (κ2) is 8.71. The van der Waals surface area contributed by atoms with Crippen molar-refractivity contribution in [3.05, 3.63) is 64.9 Å². The molecule has 2 aromatic carbocycles. The number of rotatable bonds is 6. The van der Waals surface area contributed by atoms with Crippen LogP contribution in [-0.4, -0.2) is 26.4 Å². The van der Waals surface area contributed by atoms with Crippen molar-refractivity contribution >= 4 is 35.0 Å². The first kappa shape index (κ1) is 19.0. The summed E-state index contributed by atoms with van der Waals surface area (Å²) in [6.45, 7) is 1.94. The molecular weight excluding hydrogens is 382 g/mol. The van der Waals surface area contributed by atoms with Gasteiger partial charge in [-0.1, -0.05) is 41.6 Å². The highest BCUT2D eigenvalue weighted by molar-refractivity contribution is 7.99. The molecule has 1 heterocycles. The van der Waals surface area contributed by atoms with Crippen molar-refractivity contribution < 1.29 is 4.79 Å². The summed E-state index contributed by atoms with van der Waals surface area (Å²) in [6.07, 6.45) is 1.90. The third-order valence-electron chi connectivity index (χ3n) is 3.83. The number of nitrogens with zero attached hydrogens (tertiary/aromatic N) is 4. The Morgan fingerprint density at radius 1 is 1.33 bits per heavy atom. The molecule has 0 aliphatic rings. The van der Waals surface area contributed by atoms with Gasteiger partial charge in [-0.3, -0.25) is 9.36 Å². The smallest absolute Gasteiger partial charge is 0.225 e. The molecule has 3 aromatic rings. The van der Waals surface area contributed by atoms with Gasteiger partial charge in [-0.05, 0) is 36.8 Å². The van der Waals surface area contributed by atoms with E-state index in [2.05, 4.69) is 21.6 Å². The molecule has 27 heavy (non-hydrogen) atoms. The maximum absolute atomic E-state index is 12.2. The number of benzene rings is 2. The Bertz CT molecular complexity index is 1010. The van der Waals surface area contributed by atoms with Gasteiger partial charge in [0.15, 0.2) is 5.16 Å². The van der Waals surface area contributed by atoms with E-state index in [1.54, 1.807) is 30.6 Å². The van der Waals surface area contributed by atoms with Gasteiger partial charge in [-0.2, -0.15) is 5.26 Å². The molecule has 3 rings (SSSR count). The topological polar surface area (TPSA) is 83.6 Å². The number of thioether (sulfide) groups is 1. The molecule has 0 spiro atoms. The van der Waals surface area contributed by atoms with E-state index in [1.165, 1.54) is 11.8 Å². The van der Waals surface area contributed by atoms with Gasteiger partial charge >= 0.3 is 0 Å². The predicted octanol–water partition coefficient (Wildman–Crippen LogP) is 4.22. The van der Waals surface area contributed by atoms with E-state index >= 15 is 0 Å². The summed E-state index contributed by atoms with van der Waals surface area (Å²) in [5.74, 6) is 0.369. The third-order valence-corrected chi connectivity index (χ3v) is 5.18. The number of hydrogen-bond donors (Lipinski definition) is 1. The Morgan fingerprint density at radius 2 is 2.15 bits per heavy atom. The van der Waals surface area contributed by atoms with Crippen LogP contribution in [0.25, 0.3) is 5.69 Å². The van der Waals surface area contributed by atoms with Crippen LogP contribution in [0.2, 0.25) is 5.02 Å². The fraction of sp³-hybridized carbons (Fsp3) is 0.158. The number of hydrogen-bond acceptors (Lipinski definition) is 5. The monoisotopic (exact) mass is 397 g/mol. The molecule has 1 aromatic heterocycles. The molecule has 0 bridgehead atoms. The molecule has 6 nitrogen and oxygen atoms in total. The van der Waals surface area contributed by atoms with Crippen LogP contribution in [0.5, 0.6) is 0 Å². The van der Waals surface area contributed by atoms with E-state index < -0.39 is 0 Å². The lowest BCUT2D eigenvalue weighted by Crippen LogP contribution is -2.13. The standard InChI is InChI=1S/C19H16ClN5OS/c1-13-6-7-15(10-16(13)20)25-12-22-24-19(25)27-9-8-18(26)23-17-5-3-2-4-14(17)11-21/h2-7,10,12H,8-9H2,1H3,(H,23,26). The number of amides is 1. The van der Waals surface area contributed by atoms with Gasteiger partial charge in [-0.15, -0.1) is 10.2 Å². The lowest BCUT2D eigenvalue weighted by molar-refractivity contribution is -0.115. The summed E-state index contributed by atoms with van der Waals surface area (Å²) in [7, 11) is 0. The fourth-order valence-corrected chi connectivity index (χ4v) is 3.41. The Labute approximate surface area is 166 Å². The van der Waals surface area contributed by atoms with E-state index in [0.29, 0.717) is 27.2 Å². The number of nitrogens with one attached hydrogen (secondary N) is 1. The normalized spacial score (nSPS) is 10.4. The van der Waals surface area contributed by atoms with Crippen LogP contribution in [0.1, 0.15) is 17.5 Å². The van der Waals surface area contributed by atoms with Crippen molar-refractivity contribution in [1.29, 1.82) is 5.26 Å². The SMILES string of the molecule is Cc1ccc(-n2cnnc2SCCC(=O)Nc2ccccc2C#N)cc1Cl. The van der Waals surface area contributed by atoms with Gasteiger partial charge in [0.05, 0.1) is 16.9 Å². The summed E-state index contributed by atoms with van der Waals surface area (Å²) in [5.41, 5.74) is 2.82. The van der Waals surface area contributed by atoms with E-state index in [-0.39, 0.29) is 12.3 Å². The summed E-state index contributed by atoms with van der Waals surface area (Å²) >= 11 is 7.62. The zero-order valence-corrected chi connectivity index (χ0v) is 16.1. The molecule has 0 saturated carbocycles. The van der Waals surface area contributed by atoms with Crippen LogP contribution < -0.4 is 5.32 Å². The second-order valence-corrected chi connectivity index (χ2v) is 7.19. The van der Waals surface area contributed by atoms with Crippen LogP contribution in [0.3, 0.4) is 0 Å². The van der Waals surface area contributed by atoms with Crippen molar-refractivity contribution in [2.24, 2.45) is 0 Å².